The summed E-state index contributed by atoms with van der Waals surface area (Å²) in [6, 6.07) is 7.93. The first-order chi connectivity index (χ1) is 9.54. The lowest BCUT2D eigenvalue weighted by molar-refractivity contribution is -0.0481. The minimum Gasteiger partial charge on any atom is -0.381 e. The minimum atomic E-state index is -0.893. The first-order valence-electron chi connectivity index (χ1n) is 7.27. The van der Waals surface area contributed by atoms with Gasteiger partial charge in [-0.3, -0.25) is 0 Å². The van der Waals surface area contributed by atoms with E-state index in [0.717, 1.165) is 23.1 Å². The van der Waals surface area contributed by atoms with Gasteiger partial charge in [-0.15, -0.1) is 0 Å². The number of allylic oxidation sites excluding steroid dienone is 1. The highest BCUT2D eigenvalue weighted by atomic mass is 16.7. The summed E-state index contributed by atoms with van der Waals surface area (Å²) in [6.07, 6.45) is 0.383. The molecule has 1 fully saturated rings. The maximum Gasteiger partial charge on any atom is 0.184 e. The normalized spacial score (nSPS) is 31.3. The van der Waals surface area contributed by atoms with E-state index < -0.39 is 5.60 Å². The maximum absolute atomic E-state index is 11.2. The summed E-state index contributed by atoms with van der Waals surface area (Å²) in [5, 5.41) is 11.2. The second-order valence-corrected chi connectivity index (χ2v) is 5.93. The first kappa shape index (κ1) is 13.8. The van der Waals surface area contributed by atoms with Crippen molar-refractivity contribution in [1.29, 1.82) is 0 Å². The van der Waals surface area contributed by atoms with Crippen LogP contribution in [0, 0.1) is 5.92 Å². The van der Waals surface area contributed by atoms with Crippen LogP contribution in [0.25, 0.3) is 0 Å². The lowest BCUT2D eigenvalue weighted by atomic mass is 9.84. The van der Waals surface area contributed by atoms with E-state index in [4.69, 9.17) is 9.47 Å². The lowest BCUT2D eigenvalue weighted by Gasteiger charge is -2.29. The molecule has 2 atom stereocenters. The van der Waals surface area contributed by atoms with Crippen LogP contribution in [0.5, 0.6) is 0 Å². The molecule has 0 amide bonds. The highest BCUT2D eigenvalue weighted by Crippen LogP contribution is 2.48. The van der Waals surface area contributed by atoms with Crippen molar-refractivity contribution < 1.29 is 14.6 Å². The van der Waals surface area contributed by atoms with Gasteiger partial charge in [-0.25, -0.2) is 0 Å². The fourth-order valence-corrected chi connectivity index (χ4v) is 3.37. The third-order valence-electron chi connectivity index (χ3n) is 4.83. The van der Waals surface area contributed by atoms with E-state index in [1.54, 1.807) is 0 Å². The average molecular weight is 274 g/mol. The summed E-state index contributed by atoms with van der Waals surface area (Å²) in [7, 11) is 0. The smallest absolute Gasteiger partial charge is 0.184 e. The number of ether oxygens (including phenoxy) is 2. The zero-order valence-electron chi connectivity index (χ0n) is 12.3. The summed E-state index contributed by atoms with van der Waals surface area (Å²) in [5.74, 6) is 0.401. The van der Waals surface area contributed by atoms with E-state index in [1.165, 1.54) is 5.57 Å². The number of hydrogen-bond acceptors (Lipinski definition) is 3. The Morgan fingerprint density at radius 2 is 1.80 bits per heavy atom. The SMILES string of the molecule is CC1=C(C)C(O)(c2ccccc2C2OCCO2)CC1C. The predicted octanol–water partition coefficient (Wildman–Crippen LogP) is 3.30. The van der Waals surface area contributed by atoms with Crippen molar-refractivity contribution in [3.05, 3.63) is 46.5 Å². The van der Waals surface area contributed by atoms with Crippen molar-refractivity contribution in [3.63, 3.8) is 0 Å². The van der Waals surface area contributed by atoms with Crippen molar-refractivity contribution in [2.75, 3.05) is 13.2 Å². The fraction of sp³-hybridized carbons (Fsp3) is 0.529. The standard InChI is InChI=1S/C17H22O3/c1-11-10-17(18,13(3)12(11)2)15-7-5-4-6-14(15)16-19-8-9-20-16/h4-7,11,16,18H,8-10H2,1-3H3. The summed E-state index contributed by atoms with van der Waals surface area (Å²) in [6.45, 7) is 7.54. The molecule has 1 heterocycles. The second kappa shape index (κ2) is 4.99. The third-order valence-corrected chi connectivity index (χ3v) is 4.83. The Kier molecular flexibility index (Phi) is 3.44. The molecule has 3 heteroatoms. The molecule has 0 radical (unpaired) electrons. The lowest BCUT2D eigenvalue weighted by Crippen LogP contribution is -2.27. The van der Waals surface area contributed by atoms with Crippen LogP contribution < -0.4 is 0 Å². The van der Waals surface area contributed by atoms with E-state index in [9.17, 15) is 5.11 Å². The summed E-state index contributed by atoms with van der Waals surface area (Å²) in [4.78, 5) is 0. The van der Waals surface area contributed by atoms with E-state index in [0.29, 0.717) is 19.1 Å². The van der Waals surface area contributed by atoms with E-state index >= 15 is 0 Å². The Labute approximate surface area is 120 Å². The topological polar surface area (TPSA) is 38.7 Å². The minimum absolute atomic E-state index is 0.348. The van der Waals surface area contributed by atoms with Gasteiger partial charge in [0.05, 0.1) is 13.2 Å². The van der Waals surface area contributed by atoms with Crippen LogP contribution in [0.1, 0.15) is 44.6 Å². The van der Waals surface area contributed by atoms with Gasteiger partial charge in [-0.05, 0) is 37.3 Å². The molecule has 3 nitrogen and oxygen atoms in total. The largest absolute Gasteiger partial charge is 0.381 e. The molecule has 0 saturated carbocycles. The Hall–Kier alpha value is -1.16. The second-order valence-electron chi connectivity index (χ2n) is 5.93. The summed E-state index contributed by atoms with van der Waals surface area (Å²) >= 11 is 0. The Balaban J connectivity index is 2.07. The molecule has 0 bridgehead atoms. The number of rotatable bonds is 2. The van der Waals surface area contributed by atoms with Crippen LogP contribution in [0.2, 0.25) is 0 Å². The molecule has 0 spiro atoms. The molecule has 1 aliphatic carbocycles. The molecule has 1 aromatic rings. The van der Waals surface area contributed by atoms with Crippen molar-refractivity contribution in [2.45, 2.75) is 39.1 Å². The monoisotopic (exact) mass is 274 g/mol. The molecular weight excluding hydrogens is 252 g/mol. The van der Waals surface area contributed by atoms with Crippen LogP contribution in [-0.4, -0.2) is 18.3 Å². The van der Waals surface area contributed by atoms with E-state index in [2.05, 4.69) is 13.8 Å². The van der Waals surface area contributed by atoms with E-state index in [1.807, 2.05) is 31.2 Å². The van der Waals surface area contributed by atoms with Crippen LogP contribution in [-0.2, 0) is 15.1 Å². The highest BCUT2D eigenvalue weighted by Gasteiger charge is 2.42. The van der Waals surface area contributed by atoms with Gasteiger partial charge in [0.2, 0.25) is 0 Å². The van der Waals surface area contributed by atoms with Gasteiger partial charge in [0.1, 0.15) is 5.60 Å². The van der Waals surface area contributed by atoms with Crippen molar-refractivity contribution in [2.24, 2.45) is 5.92 Å². The van der Waals surface area contributed by atoms with Crippen LogP contribution in [0.4, 0.5) is 0 Å². The Morgan fingerprint density at radius 1 is 1.15 bits per heavy atom. The summed E-state index contributed by atoms with van der Waals surface area (Å²) < 4.78 is 11.2. The number of aliphatic hydroxyl groups is 1. The Bertz CT molecular complexity index is 543. The van der Waals surface area contributed by atoms with E-state index in [-0.39, 0.29) is 6.29 Å². The number of benzene rings is 1. The Morgan fingerprint density at radius 3 is 2.40 bits per heavy atom. The summed E-state index contributed by atoms with van der Waals surface area (Å²) in [5.41, 5.74) is 3.34. The maximum atomic E-state index is 11.2. The predicted molar refractivity (Wildman–Crippen MR) is 77.1 cm³/mol. The zero-order valence-corrected chi connectivity index (χ0v) is 12.3. The molecular formula is C17H22O3. The van der Waals surface area contributed by atoms with Gasteiger partial charge in [0.25, 0.3) is 0 Å². The van der Waals surface area contributed by atoms with Gasteiger partial charge in [-0.1, -0.05) is 36.8 Å². The van der Waals surface area contributed by atoms with Gasteiger partial charge in [-0.2, -0.15) is 0 Å². The molecule has 1 aromatic carbocycles. The quantitative estimate of drug-likeness (QED) is 0.841. The molecule has 1 N–H and O–H groups in total. The van der Waals surface area contributed by atoms with Crippen LogP contribution in [0.15, 0.2) is 35.4 Å². The highest BCUT2D eigenvalue weighted by molar-refractivity contribution is 5.44. The molecule has 2 aliphatic rings. The molecule has 20 heavy (non-hydrogen) atoms. The van der Waals surface area contributed by atoms with Crippen LogP contribution >= 0.6 is 0 Å². The van der Waals surface area contributed by atoms with Crippen LogP contribution in [0.3, 0.4) is 0 Å². The van der Waals surface area contributed by atoms with Gasteiger partial charge in [0.15, 0.2) is 6.29 Å². The molecule has 1 saturated heterocycles. The van der Waals surface area contributed by atoms with Crippen molar-refractivity contribution in [3.8, 4) is 0 Å². The first-order valence-corrected chi connectivity index (χ1v) is 7.27. The molecule has 2 unspecified atom stereocenters. The van der Waals surface area contributed by atoms with Gasteiger partial charge < -0.3 is 14.6 Å². The number of hydrogen-bond donors (Lipinski definition) is 1. The average Bonchev–Trinajstić information content (AvgIpc) is 3.05. The molecule has 3 rings (SSSR count). The van der Waals surface area contributed by atoms with Crippen molar-refractivity contribution in [1.82, 2.24) is 0 Å². The zero-order chi connectivity index (χ0) is 14.3. The fourth-order valence-electron chi connectivity index (χ4n) is 3.37. The molecule has 0 aromatic heterocycles. The molecule has 1 aliphatic heterocycles. The third kappa shape index (κ3) is 2.01. The molecule has 108 valence electrons. The van der Waals surface area contributed by atoms with Gasteiger partial charge in [0, 0.05) is 5.56 Å². The van der Waals surface area contributed by atoms with Gasteiger partial charge >= 0.3 is 0 Å². The van der Waals surface area contributed by atoms with Crippen molar-refractivity contribution >= 4 is 0 Å².